The second-order valence-corrected chi connectivity index (χ2v) is 5.98. The molecule has 4 nitrogen and oxygen atoms in total. The van der Waals surface area contributed by atoms with Gasteiger partial charge in [0.15, 0.2) is 6.61 Å². The summed E-state index contributed by atoms with van der Waals surface area (Å²) < 4.78 is 18.3. The van der Waals surface area contributed by atoms with E-state index in [-0.39, 0.29) is 24.1 Å². The molecule has 0 aliphatic heterocycles. The third-order valence-corrected chi connectivity index (χ3v) is 4.15. The van der Waals surface area contributed by atoms with Crippen LogP contribution in [-0.2, 0) is 20.7 Å². The fraction of sp³-hybridized carbons (Fsp3) is 0.222. The number of carbonyl (C=O) groups excluding carboxylic acids is 2. The highest BCUT2D eigenvalue weighted by Gasteiger charge is 2.09. The number of amides is 1. The second kappa shape index (κ2) is 9.72. The first-order chi connectivity index (χ1) is 11.6. The predicted octanol–water partition coefficient (Wildman–Crippen LogP) is 2.82. The summed E-state index contributed by atoms with van der Waals surface area (Å²) in [5.41, 5.74) is 1.12. The predicted molar refractivity (Wildman–Crippen MR) is 91.2 cm³/mol. The van der Waals surface area contributed by atoms with Crippen LogP contribution < -0.4 is 5.32 Å². The summed E-state index contributed by atoms with van der Waals surface area (Å²) in [5.74, 6) is -1.33. The van der Waals surface area contributed by atoms with Crippen LogP contribution in [0, 0.1) is 5.82 Å². The van der Waals surface area contributed by atoms with Crippen LogP contribution in [0.4, 0.5) is 4.39 Å². The third kappa shape index (κ3) is 6.42. The number of thioether (sulfide) groups is 1. The van der Waals surface area contributed by atoms with Crippen molar-refractivity contribution in [3.05, 3.63) is 66.0 Å². The standard InChI is InChI=1S/C18H18FNO3S/c19-15-8-4-5-9-16(15)24-13-18(22)23-12-17(21)20-11-10-14-6-2-1-3-7-14/h1-9H,10-13H2,(H,20,21). The Morgan fingerprint density at radius 2 is 1.75 bits per heavy atom. The van der Waals surface area contributed by atoms with Crippen molar-refractivity contribution in [2.24, 2.45) is 0 Å². The van der Waals surface area contributed by atoms with Gasteiger partial charge in [-0.3, -0.25) is 9.59 Å². The third-order valence-electron chi connectivity index (χ3n) is 3.13. The molecule has 6 heteroatoms. The highest BCUT2D eigenvalue weighted by Crippen LogP contribution is 2.20. The molecule has 2 rings (SSSR count). The number of nitrogens with one attached hydrogen (secondary N) is 1. The zero-order valence-electron chi connectivity index (χ0n) is 13.0. The van der Waals surface area contributed by atoms with Crippen molar-refractivity contribution in [2.45, 2.75) is 11.3 Å². The topological polar surface area (TPSA) is 55.4 Å². The van der Waals surface area contributed by atoms with Gasteiger partial charge in [0.05, 0.1) is 5.75 Å². The van der Waals surface area contributed by atoms with Gasteiger partial charge in [-0.1, -0.05) is 42.5 Å². The largest absolute Gasteiger partial charge is 0.455 e. The summed E-state index contributed by atoms with van der Waals surface area (Å²) in [4.78, 5) is 23.6. The Morgan fingerprint density at radius 3 is 2.50 bits per heavy atom. The first-order valence-corrected chi connectivity index (χ1v) is 8.47. The van der Waals surface area contributed by atoms with Gasteiger partial charge < -0.3 is 10.1 Å². The van der Waals surface area contributed by atoms with Crippen molar-refractivity contribution in [3.8, 4) is 0 Å². The Hall–Kier alpha value is -2.34. The van der Waals surface area contributed by atoms with Crippen LogP contribution in [-0.4, -0.2) is 30.8 Å². The maximum Gasteiger partial charge on any atom is 0.316 e. The fourth-order valence-electron chi connectivity index (χ4n) is 1.93. The van der Waals surface area contributed by atoms with E-state index in [1.54, 1.807) is 18.2 Å². The average molecular weight is 347 g/mol. The van der Waals surface area contributed by atoms with E-state index in [4.69, 9.17) is 4.74 Å². The number of esters is 1. The molecule has 0 saturated carbocycles. The van der Waals surface area contributed by atoms with Gasteiger partial charge in [0, 0.05) is 11.4 Å². The summed E-state index contributed by atoms with van der Waals surface area (Å²) in [5, 5.41) is 2.69. The molecule has 24 heavy (non-hydrogen) atoms. The van der Waals surface area contributed by atoms with Gasteiger partial charge in [-0.15, -0.1) is 11.8 Å². The summed E-state index contributed by atoms with van der Waals surface area (Å²) in [6, 6.07) is 15.9. The van der Waals surface area contributed by atoms with Crippen molar-refractivity contribution in [2.75, 3.05) is 18.9 Å². The Bertz CT molecular complexity index is 679. The van der Waals surface area contributed by atoms with E-state index < -0.39 is 5.97 Å². The lowest BCUT2D eigenvalue weighted by Crippen LogP contribution is -2.30. The molecule has 2 aromatic carbocycles. The van der Waals surface area contributed by atoms with E-state index in [1.165, 1.54) is 6.07 Å². The Kier molecular flexibility index (Phi) is 7.29. The molecule has 0 aromatic heterocycles. The van der Waals surface area contributed by atoms with Crippen molar-refractivity contribution < 1.29 is 18.7 Å². The number of ether oxygens (including phenoxy) is 1. The molecular formula is C18H18FNO3S. The van der Waals surface area contributed by atoms with Crippen LogP contribution in [0.25, 0.3) is 0 Å². The van der Waals surface area contributed by atoms with E-state index in [0.717, 1.165) is 17.3 Å². The van der Waals surface area contributed by atoms with Crippen molar-refractivity contribution in [1.82, 2.24) is 5.32 Å². The lowest BCUT2D eigenvalue weighted by molar-refractivity contribution is -0.145. The van der Waals surface area contributed by atoms with Crippen LogP contribution in [0.2, 0.25) is 0 Å². The van der Waals surface area contributed by atoms with Gasteiger partial charge in [0.25, 0.3) is 5.91 Å². The lowest BCUT2D eigenvalue weighted by Gasteiger charge is -2.07. The van der Waals surface area contributed by atoms with E-state index >= 15 is 0 Å². The first kappa shape index (κ1) is 18.0. The van der Waals surface area contributed by atoms with Crippen LogP contribution in [0.3, 0.4) is 0 Å². The van der Waals surface area contributed by atoms with Gasteiger partial charge >= 0.3 is 5.97 Å². The molecule has 0 fully saturated rings. The molecule has 2 aromatic rings. The molecule has 0 atom stereocenters. The second-order valence-electron chi connectivity index (χ2n) is 4.97. The van der Waals surface area contributed by atoms with E-state index in [2.05, 4.69) is 5.32 Å². The van der Waals surface area contributed by atoms with Gasteiger partial charge in [-0.2, -0.15) is 0 Å². The van der Waals surface area contributed by atoms with E-state index in [1.807, 2.05) is 30.3 Å². The SMILES string of the molecule is O=C(COC(=O)CSc1ccccc1F)NCCc1ccccc1. The molecule has 1 N–H and O–H groups in total. The average Bonchev–Trinajstić information content (AvgIpc) is 2.60. The fourth-order valence-corrected chi connectivity index (χ4v) is 2.67. The number of benzene rings is 2. The number of rotatable bonds is 8. The van der Waals surface area contributed by atoms with E-state index in [0.29, 0.717) is 17.9 Å². The monoisotopic (exact) mass is 347 g/mol. The molecule has 0 aliphatic carbocycles. The minimum absolute atomic E-state index is 0.0434. The summed E-state index contributed by atoms with van der Waals surface area (Å²) in [6.07, 6.45) is 0.712. The highest BCUT2D eigenvalue weighted by molar-refractivity contribution is 8.00. The molecule has 0 radical (unpaired) electrons. The molecule has 1 amide bonds. The van der Waals surface area contributed by atoms with Crippen LogP contribution in [0.15, 0.2) is 59.5 Å². The maximum atomic E-state index is 13.4. The van der Waals surface area contributed by atoms with Crippen molar-refractivity contribution in [1.29, 1.82) is 0 Å². The number of hydrogen-bond acceptors (Lipinski definition) is 4. The lowest BCUT2D eigenvalue weighted by atomic mass is 10.1. The van der Waals surface area contributed by atoms with E-state index in [9.17, 15) is 14.0 Å². The first-order valence-electron chi connectivity index (χ1n) is 7.49. The molecule has 126 valence electrons. The van der Waals surface area contributed by atoms with Gasteiger partial charge in [0.1, 0.15) is 5.82 Å². The normalized spacial score (nSPS) is 10.2. The zero-order chi connectivity index (χ0) is 17.2. The Morgan fingerprint density at radius 1 is 1.04 bits per heavy atom. The molecule has 0 heterocycles. The summed E-state index contributed by atoms with van der Waals surface area (Å²) in [6.45, 7) is 0.149. The van der Waals surface area contributed by atoms with Gasteiger partial charge in [-0.05, 0) is 24.1 Å². The van der Waals surface area contributed by atoms with Crippen LogP contribution in [0.5, 0.6) is 0 Å². The summed E-state index contributed by atoms with van der Waals surface area (Å²) in [7, 11) is 0. The Balaban J connectivity index is 1.61. The number of carbonyl (C=O) groups is 2. The van der Waals surface area contributed by atoms with Crippen molar-refractivity contribution >= 4 is 23.6 Å². The van der Waals surface area contributed by atoms with Crippen molar-refractivity contribution in [3.63, 3.8) is 0 Å². The quantitative estimate of drug-likeness (QED) is 0.589. The van der Waals surface area contributed by atoms with Gasteiger partial charge in [-0.25, -0.2) is 4.39 Å². The molecule has 0 unspecified atom stereocenters. The minimum Gasteiger partial charge on any atom is -0.455 e. The summed E-state index contributed by atoms with van der Waals surface area (Å²) >= 11 is 1.04. The maximum absolute atomic E-state index is 13.4. The highest BCUT2D eigenvalue weighted by atomic mass is 32.2. The number of halogens is 1. The smallest absolute Gasteiger partial charge is 0.316 e. The molecule has 0 spiro atoms. The molecule has 0 aliphatic rings. The molecular weight excluding hydrogens is 329 g/mol. The zero-order valence-corrected chi connectivity index (χ0v) is 13.9. The molecule has 0 bridgehead atoms. The molecule has 0 saturated heterocycles. The van der Waals surface area contributed by atoms with Crippen LogP contribution >= 0.6 is 11.8 Å². The number of hydrogen-bond donors (Lipinski definition) is 1. The Labute approximate surface area is 144 Å². The van der Waals surface area contributed by atoms with Crippen LogP contribution in [0.1, 0.15) is 5.56 Å². The van der Waals surface area contributed by atoms with Gasteiger partial charge in [0.2, 0.25) is 0 Å². The minimum atomic E-state index is -0.554.